The van der Waals surface area contributed by atoms with Gasteiger partial charge in [0.2, 0.25) is 0 Å². The molecule has 0 aromatic carbocycles. The summed E-state index contributed by atoms with van der Waals surface area (Å²) in [4.78, 5) is 0. The van der Waals surface area contributed by atoms with Crippen molar-refractivity contribution < 1.29 is 0 Å². The van der Waals surface area contributed by atoms with Crippen LogP contribution in [0.4, 0.5) is 0 Å². The molecule has 2 saturated carbocycles. The lowest BCUT2D eigenvalue weighted by Gasteiger charge is -2.33. The van der Waals surface area contributed by atoms with Crippen LogP contribution < -0.4 is 0 Å². The second-order valence-corrected chi connectivity index (χ2v) is 5.64. The summed E-state index contributed by atoms with van der Waals surface area (Å²) in [5, 5.41) is 0. The summed E-state index contributed by atoms with van der Waals surface area (Å²) in [6.07, 6.45) is 15.1. The molecule has 0 saturated heterocycles. The molecule has 14 heavy (non-hydrogen) atoms. The Hall–Kier alpha value is -0.520. The van der Waals surface area contributed by atoms with Crippen LogP contribution in [0.5, 0.6) is 0 Å². The van der Waals surface area contributed by atoms with E-state index in [2.05, 4.69) is 18.2 Å². The fourth-order valence-electron chi connectivity index (χ4n) is 4.82. The van der Waals surface area contributed by atoms with Crippen LogP contribution in [0.1, 0.15) is 32.1 Å². The zero-order chi connectivity index (χ0) is 9.12. The average molecular weight is 186 g/mol. The van der Waals surface area contributed by atoms with E-state index in [1.807, 2.05) is 5.57 Å². The van der Waals surface area contributed by atoms with Gasteiger partial charge in [-0.1, -0.05) is 30.2 Å². The van der Waals surface area contributed by atoms with Crippen molar-refractivity contribution >= 4 is 0 Å². The van der Waals surface area contributed by atoms with Gasteiger partial charge < -0.3 is 0 Å². The van der Waals surface area contributed by atoms with Gasteiger partial charge >= 0.3 is 0 Å². The third-order valence-corrected chi connectivity index (χ3v) is 5.22. The molecule has 4 bridgehead atoms. The first-order chi connectivity index (χ1) is 6.95. The molecule has 0 aromatic heterocycles. The van der Waals surface area contributed by atoms with E-state index in [0.29, 0.717) is 0 Å². The summed E-state index contributed by atoms with van der Waals surface area (Å²) < 4.78 is 0. The molecular formula is C14H18. The molecule has 4 aliphatic rings. The number of fused-ring (bicyclic) bond motifs is 2. The standard InChI is InChI=1S/C14H18/c1-3-9-7-8-11-10-4-2-6-12(10)14(9)13(11)5-1/h5,7-12,14H,1-4,6H2. The van der Waals surface area contributed by atoms with Gasteiger partial charge in [-0.25, -0.2) is 0 Å². The maximum absolute atomic E-state index is 2.59. The molecule has 2 fully saturated rings. The second-order valence-electron chi connectivity index (χ2n) is 5.64. The average Bonchev–Trinajstić information content (AvgIpc) is 2.71. The summed E-state index contributed by atoms with van der Waals surface area (Å²) >= 11 is 0. The molecule has 5 atom stereocenters. The van der Waals surface area contributed by atoms with Gasteiger partial charge in [0.1, 0.15) is 0 Å². The first kappa shape index (κ1) is 7.73. The number of rotatable bonds is 0. The normalized spacial score (nSPS) is 53.1. The molecule has 4 rings (SSSR count). The van der Waals surface area contributed by atoms with Crippen molar-refractivity contribution in [1.82, 2.24) is 0 Å². The predicted octanol–water partition coefficient (Wildman–Crippen LogP) is 3.55. The van der Waals surface area contributed by atoms with Crippen LogP contribution in [0.15, 0.2) is 23.8 Å². The Bertz CT molecular complexity index is 323. The fourth-order valence-corrected chi connectivity index (χ4v) is 4.82. The molecule has 0 aliphatic heterocycles. The lowest BCUT2D eigenvalue weighted by Crippen LogP contribution is -2.23. The molecular weight excluding hydrogens is 168 g/mol. The van der Waals surface area contributed by atoms with Crippen LogP contribution in [0.3, 0.4) is 0 Å². The minimum Gasteiger partial charge on any atom is -0.0844 e. The molecule has 5 unspecified atom stereocenters. The first-order valence-electron chi connectivity index (χ1n) is 6.33. The molecule has 0 nitrogen and oxygen atoms in total. The van der Waals surface area contributed by atoms with Gasteiger partial charge in [0.15, 0.2) is 0 Å². The molecule has 0 amide bonds. The van der Waals surface area contributed by atoms with Crippen molar-refractivity contribution in [3.63, 3.8) is 0 Å². The van der Waals surface area contributed by atoms with Gasteiger partial charge in [0.05, 0.1) is 0 Å². The zero-order valence-corrected chi connectivity index (χ0v) is 8.65. The maximum atomic E-state index is 2.59. The van der Waals surface area contributed by atoms with E-state index in [-0.39, 0.29) is 0 Å². The van der Waals surface area contributed by atoms with Crippen LogP contribution in [0, 0.1) is 29.6 Å². The first-order valence-corrected chi connectivity index (χ1v) is 6.33. The lowest BCUT2D eigenvalue weighted by atomic mass is 9.72. The summed E-state index contributed by atoms with van der Waals surface area (Å²) in [7, 11) is 0. The van der Waals surface area contributed by atoms with E-state index in [1.54, 1.807) is 0 Å². The van der Waals surface area contributed by atoms with E-state index in [0.717, 1.165) is 29.6 Å². The molecule has 4 aliphatic carbocycles. The van der Waals surface area contributed by atoms with Crippen molar-refractivity contribution in [2.75, 3.05) is 0 Å². The summed E-state index contributed by atoms with van der Waals surface area (Å²) in [5.74, 6) is 4.92. The largest absolute Gasteiger partial charge is 0.0844 e. The molecule has 0 heterocycles. The quantitative estimate of drug-likeness (QED) is 0.507. The SMILES string of the molecule is C1=CC2C3=CCCC1C3C1CCCC21. The topological polar surface area (TPSA) is 0 Å². The third-order valence-electron chi connectivity index (χ3n) is 5.22. The summed E-state index contributed by atoms with van der Waals surface area (Å²) in [6.45, 7) is 0. The molecule has 0 aromatic rings. The number of hydrogen-bond donors (Lipinski definition) is 0. The van der Waals surface area contributed by atoms with Crippen molar-refractivity contribution in [2.45, 2.75) is 32.1 Å². The highest BCUT2D eigenvalue weighted by molar-refractivity contribution is 5.34. The zero-order valence-electron chi connectivity index (χ0n) is 8.65. The predicted molar refractivity (Wildman–Crippen MR) is 57.8 cm³/mol. The second kappa shape index (κ2) is 2.53. The molecule has 74 valence electrons. The molecule has 0 N–H and O–H groups in total. The van der Waals surface area contributed by atoms with E-state index in [4.69, 9.17) is 0 Å². The van der Waals surface area contributed by atoms with Crippen LogP contribution in [0.25, 0.3) is 0 Å². The Morgan fingerprint density at radius 2 is 1.93 bits per heavy atom. The van der Waals surface area contributed by atoms with E-state index in [1.165, 1.54) is 32.1 Å². The smallest absolute Gasteiger partial charge is 0.00111 e. The molecule has 0 spiro atoms. The minimum atomic E-state index is 0.879. The highest BCUT2D eigenvalue weighted by Gasteiger charge is 2.52. The van der Waals surface area contributed by atoms with Gasteiger partial charge in [-0.2, -0.15) is 0 Å². The van der Waals surface area contributed by atoms with Gasteiger partial charge in [0, 0.05) is 5.92 Å². The Kier molecular flexibility index (Phi) is 1.40. The highest BCUT2D eigenvalue weighted by Crippen LogP contribution is 2.60. The molecule has 0 radical (unpaired) electrons. The summed E-state index contributed by atoms with van der Waals surface area (Å²) in [5.41, 5.74) is 1.86. The van der Waals surface area contributed by atoms with Gasteiger partial charge in [-0.05, 0) is 49.4 Å². The number of allylic oxidation sites excluding steroid dienone is 4. The Balaban J connectivity index is 1.87. The van der Waals surface area contributed by atoms with Crippen LogP contribution in [0.2, 0.25) is 0 Å². The highest BCUT2D eigenvalue weighted by atomic mass is 14.6. The lowest BCUT2D eigenvalue weighted by molar-refractivity contribution is 0.292. The fraction of sp³-hybridized carbons (Fsp3) is 0.714. The van der Waals surface area contributed by atoms with Crippen LogP contribution in [-0.2, 0) is 0 Å². The van der Waals surface area contributed by atoms with Gasteiger partial charge in [0.25, 0.3) is 0 Å². The van der Waals surface area contributed by atoms with Crippen LogP contribution >= 0.6 is 0 Å². The Morgan fingerprint density at radius 1 is 1.00 bits per heavy atom. The van der Waals surface area contributed by atoms with Crippen molar-refractivity contribution in [3.05, 3.63) is 23.8 Å². The van der Waals surface area contributed by atoms with Gasteiger partial charge in [-0.3, -0.25) is 0 Å². The van der Waals surface area contributed by atoms with E-state index in [9.17, 15) is 0 Å². The Labute approximate surface area is 86.1 Å². The Morgan fingerprint density at radius 3 is 2.93 bits per heavy atom. The van der Waals surface area contributed by atoms with Crippen LogP contribution in [-0.4, -0.2) is 0 Å². The summed E-state index contributed by atoms with van der Waals surface area (Å²) in [6, 6.07) is 0. The van der Waals surface area contributed by atoms with Gasteiger partial charge in [-0.15, -0.1) is 0 Å². The van der Waals surface area contributed by atoms with E-state index < -0.39 is 0 Å². The number of hydrogen-bond acceptors (Lipinski definition) is 0. The minimum absolute atomic E-state index is 0.879. The van der Waals surface area contributed by atoms with Crippen molar-refractivity contribution in [2.24, 2.45) is 29.6 Å². The van der Waals surface area contributed by atoms with Crippen molar-refractivity contribution in [1.29, 1.82) is 0 Å². The van der Waals surface area contributed by atoms with E-state index >= 15 is 0 Å². The van der Waals surface area contributed by atoms with Crippen molar-refractivity contribution in [3.8, 4) is 0 Å². The third kappa shape index (κ3) is 0.769. The maximum Gasteiger partial charge on any atom is 0.00111 e. The molecule has 0 heteroatoms. The monoisotopic (exact) mass is 186 g/mol.